The monoisotopic (exact) mass is 429 g/mol. The third-order valence-electron chi connectivity index (χ3n) is 5.92. The van der Waals surface area contributed by atoms with E-state index >= 15 is 0 Å². The number of ether oxygens (including phenoxy) is 1. The molecular weight excluding hydrogens is 398 g/mol. The van der Waals surface area contributed by atoms with Crippen molar-refractivity contribution in [3.05, 3.63) is 83.9 Å². The Morgan fingerprint density at radius 2 is 1.66 bits per heavy atom. The Morgan fingerprint density at radius 3 is 2.38 bits per heavy atom. The van der Waals surface area contributed by atoms with Gasteiger partial charge in [-0.25, -0.2) is 4.79 Å². The number of aryl methyl sites for hydroxylation is 1. The number of hydrogen-bond acceptors (Lipinski definition) is 3. The van der Waals surface area contributed by atoms with Gasteiger partial charge in [-0.05, 0) is 98.9 Å². The van der Waals surface area contributed by atoms with Crippen LogP contribution in [-0.4, -0.2) is 38.6 Å². The second kappa shape index (κ2) is 9.88. The molecule has 0 saturated heterocycles. The molecule has 0 saturated carbocycles. The Balaban J connectivity index is 1.36. The van der Waals surface area contributed by atoms with Crippen LogP contribution >= 0.6 is 0 Å². The number of urea groups is 1. The predicted molar refractivity (Wildman–Crippen MR) is 131 cm³/mol. The lowest BCUT2D eigenvalue weighted by Gasteiger charge is -2.27. The van der Waals surface area contributed by atoms with Crippen molar-refractivity contribution in [2.45, 2.75) is 19.3 Å². The number of amides is 2. The molecule has 0 aliphatic heterocycles. The molecule has 2 amide bonds. The molecule has 0 aromatic heterocycles. The Labute approximate surface area is 190 Å². The zero-order chi connectivity index (χ0) is 22.5. The first kappa shape index (κ1) is 21.9. The van der Waals surface area contributed by atoms with Crippen molar-refractivity contribution in [3.63, 3.8) is 0 Å². The molecule has 0 bridgehead atoms. The predicted octanol–water partition coefficient (Wildman–Crippen LogP) is 5.81. The molecule has 1 N–H and O–H groups in total. The highest BCUT2D eigenvalue weighted by atomic mass is 16.5. The Hall–Kier alpha value is -3.31. The first-order valence-electron chi connectivity index (χ1n) is 11.1. The molecule has 0 radical (unpaired) electrons. The zero-order valence-electron chi connectivity index (χ0n) is 19.0. The number of carbonyl (C=O) groups is 1. The van der Waals surface area contributed by atoms with Gasteiger partial charge in [-0.1, -0.05) is 24.3 Å². The van der Waals surface area contributed by atoms with E-state index in [0.717, 1.165) is 42.3 Å². The summed E-state index contributed by atoms with van der Waals surface area (Å²) in [6.45, 7) is 1.12. The second-order valence-corrected chi connectivity index (χ2v) is 8.75. The van der Waals surface area contributed by atoms with Gasteiger partial charge in [-0.15, -0.1) is 0 Å². The van der Waals surface area contributed by atoms with E-state index in [2.05, 4.69) is 36.4 Å². The number of para-hydroxylation sites is 1. The zero-order valence-corrected chi connectivity index (χ0v) is 19.0. The van der Waals surface area contributed by atoms with Crippen LogP contribution in [0.5, 0.6) is 11.5 Å². The smallest absolute Gasteiger partial charge is 0.326 e. The molecule has 5 heteroatoms. The average molecular weight is 430 g/mol. The fraction of sp³-hybridized carbons (Fsp3) is 0.296. The van der Waals surface area contributed by atoms with Crippen LogP contribution in [0.3, 0.4) is 0 Å². The third kappa shape index (κ3) is 5.48. The number of nitrogens with one attached hydrogen (secondary N) is 1. The van der Waals surface area contributed by atoms with Gasteiger partial charge in [0, 0.05) is 25.0 Å². The minimum absolute atomic E-state index is 0.164. The molecule has 5 nitrogen and oxygen atoms in total. The Morgan fingerprint density at radius 1 is 0.938 bits per heavy atom. The van der Waals surface area contributed by atoms with E-state index in [1.54, 1.807) is 11.9 Å². The van der Waals surface area contributed by atoms with Crippen LogP contribution in [0, 0.1) is 5.92 Å². The molecular formula is C27H31N3O2. The highest BCUT2D eigenvalue weighted by molar-refractivity contribution is 6.01. The lowest BCUT2D eigenvalue weighted by Crippen LogP contribution is -2.31. The Kier molecular flexibility index (Phi) is 6.76. The summed E-state index contributed by atoms with van der Waals surface area (Å²) >= 11 is 0. The summed E-state index contributed by atoms with van der Waals surface area (Å²) in [5.41, 5.74) is 4.40. The fourth-order valence-electron chi connectivity index (χ4n) is 4.27. The lowest BCUT2D eigenvalue weighted by atomic mass is 9.83. The molecule has 4 rings (SSSR count). The largest absolute Gasteiger partial charge is 0.457 e. The lowest BCUT2D eigenvalue weighted by molar-refractivity contribution is 0.258. The highest BCUT2D eigenvalue weighted by Crippen LogP contribution is 2.29. The maximum absolute atomic E-state index is 12.8. The maximum Gasteiger partial charge on any atom is 0.326 e. The first-order chi connectivity index (χ1) is 15.5. The quantitative estimate of drug-likeness (QED) is 0.537. The van der Waals surface area contributed by atoms with E-state index < -0.39 is 0 Å². The number of rotatable bonds is 6. The van der Waals surface area contributed by atoms with Crippen molar-refractivity contribution in [2.75, 3.05) is 37.9 Å². The van der Waals surface area contributed by atoms with Gasteiger partial charge in [0.25, 0.3) is 0 Å². The summed E-state index contributed by atoms with van der Waals surface area (Å²) in [5, 5.41) is 3.04. The van der Waals surface area contributed by atoms with Gasteiger partial charge in [0.2, 0.25) is 0 Å². The summed E-state index contributed by atoms with van der Waals surface area (Å²) in [6.07, 6.45) is 3.37. The van der Waals surface area contributed by atoms with Crippen molar-refractivity contribution < 1.29 is 9.53 Å². The van der Waals surface area contributed by atoms with Crippen LogP contribution in [-0.2, 0) is 12.8 Å². The van der Waals surface area contributed by atoms with Crippen molar-refractivity contribution in [2.24, 2.45) is 5.92 Å². The van der Waals surface area contributed by atoms with Crippen molar-refractivity contribution >= 4 is 17.4 Å². The van der Waals surface area contributed by atoms with Gasteiger partial charge < -0.3 is 15.0 Å². The third-order valence-corrected chi connectivity index (χ3v) is 5.92. The van der Waals surface area contributed by atoms with Gasteiger partial charge >= 0.3 is 6.03 Å². The average Bonchev–Trinajstić information content (AvgIpc) is 2.79. The minimum Gasteiger partial charge on any atom is -0.457 e. The van der Waals surface area contributed by atoms with Crippen LogP contribution < -0.4 is 15.0 Å². The van der Waals surface area contributed by atoms with Gasteiger partial charge in [-0.3, -0.25) is 4.90 Å². The van der Waals surface area contributed by atoms with E-state index in [1.165, 1.54) is 17.5 Å². The van der Waals surface area contributed by atoms with Crippen LogP contribution in [0.4, 0.5) is 16.2 Å². The van der Waals surface area contributed by atoms with Crippen LogP contribution in [0.1, 0.15) is 17.5 Å². The number of hydrogen-bond donors (Lipinski definition) is 1. The molecule has 3 aromatic carbocycles. The first-order valence-corrected chi connectivity index (χ1v) is 11.1. The van der Waals surface area contributed by atoms with E-state index in [4.69, 9.17) is 4.74 Å². The van der Waals surface area contributed by atoms with Crippen molar-refractivity contribution in [1.29, 1.82) is 0 Å². The van der Waals surface area contributed by atoms with Crippen LogP contribution in [0.15, 0.2) is 72.8 Å². The number of fused-ring (bicyclic) bond motifs is 1. The molecule has 0 fully saturated rings. The topological polar surface area (TPSA) is 44.8 Å². The van der Waals surface area contributed by atoms with Crippen LogP contribution in [0.2, 0.25) is 0 Å². The van der Waals surface area contributed by atoms with Gasteiger partial charge in [-0.2, -0.15) is 0 Å². The molecule has 1 aliphatic carbocycles. The number of anilines is 2. The molecule has 1 unspecified atom stereocenters. The summed E-state index contributed by atoms with van der Waals surface area (Å²) in [5.74, 6) is 2.22. The minimum atomic E-state index is -0.164. The van der Waals surface area contributed by atoms with E-state index in [1.807, 2.05) is 60.7 Å². The second-order valence-electron chi connectivity index (χ2n) is 8.75. The van der Waals surface area contributed by atoms with E-state index in [9.17, 15) is 4.79 Å². The van der Waals surface area contributed by atoms with Gasteiger partial charge in [0.1, 0.15) is 11.5 Å². The molecule has 1 aliphatic rings. The van der Waals surface area contributed by atoms with E-state index in [-0.39, 0.29) is 6.03 Å². The summed E-state index contributed by atoms with van der Waals surface area (Å²) < 4.78 is 5.83. The molecule has 0 heterocycles. The molecule has 166 valence electrons. The van der Waals surface area contributed by atoms with Crippen LogP contribution in [0.25, 0.3) is 0 Å². The molecule has 3 aromatic rings. The standard InChI is InChI=1S/C27H31N3O2/c1-29(2)19-20-9-10-22-18-23(12-11-21(22)17-20)28-27(31)30(3)24-13-15-26(16-14-24)32-25-7-5-4-6-8-25/h4-8,11-16,18,20H,9-10,17,19H2,1-3H3,(H,28,31). The summed E-state index contributed by atoms with van der Waals surface area (Å²) in [6, 6.07) is 23.3. The normalized spacial score (nSPS) is 15.2. The number of carbonyl (C=O) groups excluding carboxylic acids is 1. The van der Waals surface area contributed by atoms with Gasteiger partial charge in [0.05, 0.1) is 0 Å². The SMILES string of the molecule is CN(C)CC1CCc2cc(NC(=O)N(C)c3ccc(Oc4ccccc4)cc3)ccc2C1. The van der Waals surface area contributed by atoms with Crippen molar-refractivity contribution in [1.82, 2.24) is 4.90 Å². The molecule has 1 atom stereocenters. The highest BCUT2D eigenvalue weighted by Gasteiger charge is 2.20. The maximum atomic E-state index is 12.8. The van der Waals surface area contributed by atoms with Gasteiger partial charge in [0.15, 0.2) is 0 Å². The molecule has 32 heavy (non-hydrogen) atoms. The molecule has 0 spiro atoms. The summed E-state index contributed by atoms with van der Waals surface area (Å²) in [7, 11) is 6.04. The van der Waals surface area contributed by atoms with Crippen molar-refractivity contribution in [3.8, 4) is 11.5 Å². The Bertz CT molecular complexity index is 1050. The number of nitrogens with zero attached hydrogens (tertiary/aromatic N) is 2. The number of benzene rings is 3. The summed E-state index contributed by atoms with van der Waals surface area (Å²) in [4.78, 5) is 16.7. The van der Waals surface area contributed by atoms with E-state index in [0.29, 0.717) is 5.92 Å². The fourth-order valence-corrected chi connectivity index (χ4v) is 4.27.